The number of hydrogen-bond acceptors (Lipinski definition) is 5. The van der Waals surface area contributed by atoms with E-state index in [2.05, 4.69) is 5.32 Å². The average Bonchev–Trinajstić information content (AvgIpc) is 3.08. The normalized spacial score (nSPS) is 16.8. The molecule has 1 N–H and O–H groups in total. The Bertz CT molecular complexity index is 603. The SMILES string of the molecule is COC(=O)C1CSCN1C(=O)CCC(=O)NCc1ccc(C)cc1. The summed E-state index contributed by atoms with van der Waals surface area (Å²) in [5.41, 5.74) is 2.18. The van der Waals surface area contributed by atoms with Gasteiger partial charge in [-0.05, 0) is 12.5 Å². The molecule has 2 rings (SSSR count). The molecule has 0 radical (unpaired) electrons. The highest BCUT2D eigenvalue weighted by Gasteiger charge is 2.35. The summed E-state index contributed by atoms with van der Waals surface area (Å²) in [7, 11) is 1.31. The summed E-state index contributed by atoms with van der Waals surface area (Å²) in [6.45, 7) is 2.45. The zero-order valence-electron chi connectivity index (χ0n) is 13.9. The van der Waals surface area contributed by atoms with E-state index >= 15 is 0 Å². The first-order valence-electron chi connectivity index (χ1n) is 7.78. The third-order valence-electron chi connectivity index (χ3n) is 3.85. The Kier molecular flexibility index (Phi) is 6.66. The van der Waals surface area contributed by atoms with Gasteiger partial charge >= 0.3 is 5.97 Å². The lowest BCUT2D eigenvalue weighted by molar-refractivity contribution is -0.150. The van der Waals surface area contributed by atoms with E-state index in [-0.39, 0.29) is 24.7 Å². The molecular weight excluding hydrogens is 328 g/mol. The maximum absolute atomic E-state index is 12.2. The van der Waals surface area contributed by atoms with Crippen molar-refractivity contribution < 1.29 is 19.1 Å². The lowest BCUT2D eigenvalue weighted by Crippen LogP contribution is -2.42. The largest absolute Gasteiger partial charge is 0.467 e. The van der Waals surface area contributed by atoms with Gasteiger partial charge < -0.3 is 15.0 Å². The van der Waals surface area contributed by atoms with Gasteiger partial charge in [0.1, 0.15) is 6.04 Å². The summed E-state index contributed by atoms with van der Waals surface area (Å²) in [6, 6.07) is 7.36. The van der Waals surface area contributed by atoms with Crippen molar-refractivity contribution in [3.63, 3.8) is 0 Å². The number of rotatable bonds is 6. The van der Waals surface area contributed by atoms with Crippen LogP contribution < -0.4 is 5.32 Å². The number of methoxy groups -OCH3 is 1. The number of ether oxygens (including phenoxy) is 1. The maximum atomic E-state index is 12.2. The maximum Gasteiger partial charge on any atom is 0.329 e. The molecule has 1 aromatic carbocycles. The van der Waals surface area contributed by atoms with E-state index in [0.717, 1.165) is 5.56 Å². The second-order valence-corrected chi connectivity index (χ2v) is 6.66. The Balaban J connectivity index is 1.75. The molecule has 1 aliphatic rings. The minimum absolute atomic E-state index is 0.0911. The molecule has 1 saturated heterocycles. The van der Waals surface area contributed by atoms with Crippen LogP contribution in [0, 0.1) is 6.92 Å². The lowest BCUT2D eigenvalue weighted by atomic mass is 10.1. The number of amides is 2. The average molecular weight is 350 g/mol. The molecule has 1 heterocycles. The fourth-order valence-corrected chi connectivity index (χ4v) is 3.54. The molecule has 0 bridgehead atoms. The van der Waals surface area contributed by atoms with Crippen LogP contribution in [0.4, 0.5) is 0 Å². The number of benzene rings is 1. The highest BCUT2D eigenvalue weighted by molar-refractivity contribution is 7.99. The van der Waals surface area contributed by atoms with E-state index in [4.69, 9.17) is 4.74 Å². The predicted octanol–water partition coefficient (Wildman–Crippen LogP) is 1.47. The summed E-state index contributed by atoms with van der Waals surface area (Å²) >= 11 is 1.51. The predicted molar refractivity (Wildman–Crippen MR) is 92.2 cm³/mol. The van der Waals surface area contributed by atoms with Crippen molar-refractivity contribution in [2.75, 3.05) is 18.7 Å². The third kappa shape index (κ3) is 4.99. The van der Waals surface area contributed by atoms with Gasteiger partial charge in [-0.2, -0.15) is 0 Å². The molecule has 7 heteroatoms. The van der Waals surface area contributed by atoms with Crippen molar-refractivity contribution in [2.45, 2.75) is 32.4 Å². The van der Waals surface area contributed by atoms with Crippen molar-refractivity contribution in [3.05, 3.63) is 35.4 Å². The Labute approximate surface area is 145 Å². The van der Waals surface area contributed by atoms with Crippen molar-refractivity contribution in [1.82, 2.24) is 10.2 Å². The standard InChI is InChI=1S/C17H22N2O4S/c1-12-3-5-13(6-4-12)9-18-15(20)7-8-16(21)19-11-24-10-14(19)17(22)23-2/h3-6,14H,7-11H2,1-2H3,(H,18,20). The molecule has 1 fully saturated rings. The van der Waals surface area contributed by atoms with Gasteiger partial charge in [-0.25, -0.2) is 4.79 Å². The molecule has 6 nitrogen and oxygen atoms in total. The van der Waals surface area contributed by atoms with Crippen LogP contribution in [-0.4, -0.2) is 47.5 Å². The Morgan fingerprint density at radius 2 is 1.96 bits per heavy atom. The molecular formula is C17H22N2O4S. The number of thioether (sulfide) groups is 1. The summed E-state index contributed by atoms with van der Waals surface area (Å²) < 4.78 is 4.71. The smallest absolute Gasteiger partial charge is 0.329 e. The second kappa shape index (κ2) is 8.73. The van der Waals surface area contributed by atoms with E-state index in [9.17, 15) is 14.4 Å². The van der Waals surface area contributed by atoms with Crippen LogP contribution in [0.15, 0.2) is 24.3 Å². The highest BCUT2D eigenvalue weighted by Crippen LogP contribution is 2.22. The quantitative estimate of drug-likeness (QED) is 0.786. The summed E-state index contributed by atoms with van der Waals surface area (Å²) in [4.78, 5) is 37.2. The van der Waals surface area contributed by atoms with Crippen LogP contribution in [0.3, 0.4) is 0 Å². The van der Waals surface area contributed by atoms with Crippen molar-refractivity contribution in [2.24, 2.45) is 0 Å². The number of carbonyl (C=O) groups excluding carboxylic acids is 3. The molecule has 0 aliphatic carbocycles. The third-order valence-corrected chi connectivity index (χ3v) is 4.86. The number of nitrogens with zero attached hydrogens (tertiary/aromatic N) is 1. The number of carbonyl (C=O) groups is 3. The number of nitrogens with one attached hydrogen (secondary N) is 1. The second-order valence-electron chi connectivity index (χ2n) is 5.66. The van der Waals surface area contributed by atoms with Gasteiger partial charge in [-0.3, -0.25) is 9.59 Å². The van der Waals surface area contributed by atoms with Crippen LogP contribution in [0.25, 0.3) is 0 Å². The molecule has 1 aliphatic heterocycles. The number of hydrogen-bond donors (Lipinski definition) is 1. The van der Waals surface area contributed by atoms with Gasteiger partial charge in [0.05, 0.1) is 13.0 Å². The molecule has 0 saturated carbocycles. The van der Waals surface area contributed by atoms with Crippen molar-refractivity contribution in [1.29, 1.82) is 0 Å². The van der Waals surface area contributed by atoms with Gasteiger partial charge in [0.25, 0.3) is 0 Å². The Morgan fingerprint density at radius 1 is 1.25 bits per heavy atom. The van der Waals surface area contributed by atoms with Crippen LogP contribution in [-0.2, 0) is 25.7 Å². The first-order chi connectivity index (χ1) is 11.5. The number of aryl methyl sites for hydroxylation is 1. The van der Waals surface area contributed by atoms with E-state index in [1.165, 1.54) is 29.3 Å². The summed E-state index contributed by atoms with van der Waals surface area (Å²) in [5.74, 6) is 0.227. The first kappa shape index (κ1) is 18.3. The molecule has 0 spiro atoms. The molecule has 24 heavy (non-hydrogen) atoms. The molecule has 1 atom stereocenters. The topological polar surface area (TPSA) is 75.7 Å². The fraction of sp³-hybridized carbons (Fsp3) is 0.471. The van der Waals surface area contributed by atoms with Crippen LogP contribution >= 0.6 is 11.8 Å². The molecule has 2 amide bonds. The van der Waals surface area contributed by atoms with Crippen LogP contribution in [0.2, 0.25) is 0 Å². The zero-order valence-corrected chi connectivity index (χ0v) is 14.7. The fourth-order valence-electron chi connectivity index (χ4n) is 2.38. The van der Waals surface area contributed by atoms with E-state index in [1.807, 2.05) is 31.2 Å². The minimum Gasteiger partial charge on any atom is -0.467 e. The molecule has 1 aromatic rings. The van der Waals surface area contributed by atoms with Crippen LogP contribution in [0.1, 0.15) is 24.0 Å². The van der Waals surface area contributed by atoms with Gasteiger partial charge in [0.2, 0.25) is 11.8 Å². The van der Waals surface area contributed by atoms with Gasteiger partial charge in [0.15, 0.2) is 0 Å². The highest BCUT2D eigenvalue weighted by atomic mass is 32.2. The molecule has 0 aromatic heterocycles. The van der Waals surface area contributed by atoms with Gasteiger partial charge in [0, 0.05) is 25.1 Å². The summed E-state index contributed by atoms with van der Waals surface area (Å²) in [6.07, 6.45) is 0.202. The molecule has 1 unspecified atom stereocenters. The van der Waals surface area contributed by atoms with E-state index < -0.39 is 12.0 Å². The van der Waals surface area contributed by atoms with Gasteiger partial charge in [-0.15, -0.1) is 11.8 Å². The molecule has 130 valence electrons. The van der Waals surface area contributed by atoms with Crippen molar-refractivity contribution in [3.8, 4) is 0 Å². The van der Waals surface area contributed by atoms with Crippen LogP contribution in [0.5, 0.6) is 0 Å². The van der Waals surface area contributed by atoms with E-state index in [1.54, 1.807) is 0 Å². The Hall–Kier alpha value is -2.02. The summed E-state index contributed by atoms with van der Waals surface area (Å²) in [5, 5.41) is 2.80. The van der Waals surface area contributed by atoms with E-state index in [0.29, 0.717) is 18.2 Å². The monoisotopic (exact) mass is 350 g/mol. The minimum atomic E-state index is -0.539. The van der Waals surface area contributed by atoms with Gasteiger partial charge in [-0.1, -0.05) is 29.8 Å². The lowest BCUT2D eigenvalue weighted by Gasteiger charge is -2.21. The number of esters is 1. The first-order valence-corrected chi connectivity index (χ1v) is 8.94. The zero-order chi connectivity index (χ0) is 17.5. The van der Waals surface area contributed by atoms with Crippen molar-refractivity contribution >= 4 is 29.5 Å². The Morgan fingerprint density at radius 3 is 2.62 bits per heavy atom.